The van der Waals surface area contributed by atoms with E-state index in [1.165, 1.54) is 18.5 Å². The average Bonchev–Trinajstić information content (AvgIpc) is 3.31. The van der Waals surface area contributed by atoms with Crippen molar-refractivity contribution in [3.63, 3.8) is 0 Å². The van der Waals surface area contributed by atoms with E-state index in [1.54, 1.807) is 6.07 Å². The smallest absolute Gasteiger partial charge is 0.251 e. The zero-order chi connectivity index (χ0) is 21.4. The molecule has 0 aliphatic carbocycles. The SMILES string of the molecule is CCNC(=NCCNS(=O)(=O)c1cccnc1)N1CCN(C(=O)C2CCCO2)CC1. The number of aromatic nitrogens is 1. The summed E-state index contributed by atoms with van der Waals surface area (Å²) in [6.07, 6.45) is 4.30. The summed E-state index contributed by atoms with van der Waals surface area (Å²) in [6, 6.07) is 3.08. The van der Waals surface area contributed by atoms with E-state index in [4.69, 9.17) is 4.74 Å². The average molecular weight is 439 g/mol. The highest BCUT2D eigenvalue weighted by Gasteiger charge is 2.30. The van der Waals surface area contributed by atoms with Gasteiger partial charge in [-0.1, -0.05) is 0 Å². The molecule has 0 bridgehead atoms. The molecule has 0 radical (unpaired) electrons. The number of amides is 1. The molecule has 11 heteroatoms. The molecule has 3 rings (SSSR count). The maximum atomic E-state index is 12.5. The van der Waals surface area contributed by atoms with Crippen molar-refractivity contribution in [3.8, 4) is 0 Å². The molecule has 2 saturated heterocycles. The molecule has 0 spiro atoms. The number of sulfonamides is 1. The van der Waals surface area contributed by atoms with Crippen molar-refractivity contribution in [2.75, 3.05) is 52.4 Å². The molecule has 1 aromatic rings. The monoisotopic (exact) mass is 438 g/mol. The second kappa shape index (κ2) is 10.7. The molecule has 0 saturated carbocycles. The number of aliphatic imine (C=N–C) groups is 1. The highest BCUT2D eigenvalue weighted by molar-refractivity contribution is 7.89. The summed E-state index contributed by atoms with van der Waals surface area (Å²) in [6.45, 7) is 6.43. The summed E-state index contributed by atoms with van der Waals surface area (Å²) in [5, 5.41) is 3.24. The number of hydrogen-bond acceptors (Lipinski definition) is 6. The molecule has 2 fully saturated rings. The molecule has 2 N–H and O–H groups in total. The number of carbonyl (C=O) groups is 1. The van der Waals surface area contributed by atoms with Gasteiger partial charge < -0.3 is 19.9 Å². The quantitative estimate of drug-likeness (QED) is 0.340. The number of carbonyl (C=O) groups excluding carboxylic acids is 1. The number of pyridine rings is 1. The van der Waals surface area contributed by atoms with Gasteiger partial charge in [0.15, 0.2) is 5.96 Å². The lowest BCUT2D eigenvalue weighted by Gasteiger charge is -2.37. The van der Waals surface area contributed by atoms with Gasteiger partial charge in [-0.25, -0.2) is 13.1 Å². The van der Waals surface area contributed by atoms with Gasteiger partial charge in [-0.3, -0.25) is 14.8 Å². The van der Waals surface area contributed by atoms with Crippen LogP contribution in [0, 0.1) is 0 Å². The number of ether oxygens (including phenoxy) is 1. The van der Waals surface area contributed by atoms with E-state index in [2.05, 4.69) is 24.9 Å². The predicted molar refractivity (Wildman–Crippen MR) is 113 cm³/mol. The van der Waals surface area contributed by atoms with Crippen molar-refractivity contribution in [1.29, 1.82) is 0 Å². The summed E-state index contributed by atoms with van der Waals surface area (Å²) >= 11 is 0. The van der Waals surface area contributed by atoms with Crippen LogP contribution in [0.1, 0.15) is 19.8 Å². The predicted octanol–water partition coefficient (Wildman–Crippen LogP) is -0.351. The van der Waals surface area contributed by atoms with Crippen LogP contribution >= 0.6 is 0 Å². The Kier molecular flexibility index (Phi) is 8.00. The zero-order valence-electron chi connectivity index (χ0n) is 17.3. The molecule has 3 heterocycles. The summed E-state index contributed by atoms with van der Waals surface area (Å²) in [5.41, 5.74) is 0. The largest absolute Gasteiger partial charge is 0.368 e. The Morgan fingerprint density at radius 1 is 1.30 bits per heavy atom. The molecular formula is C19H30N6O4S. The molecule has 1 atom stereocenters. The van der Waals surface area contributed by atoms with E-state index in [9.17, 15) is 13.2 Å². The van der Waals surface area contributed by atoms with Crippen LogP contribution in [0.2, 0.25) is 0 Å². The lowest BCUT2D eigenvalue weighted by Crippen LogP contribution is -2.55. The number of nitrogens with one attached hydrogen (secondary N) is 2. The van der Waals surface area contributed by atoms with E-state index in [0.29, 0.717) is 45.9 Å². The third-order valence-electron chi connectivity index (χ3n) is 5.04. The topological polar surface area (TPSA) is 116 Å². The van der Waals surface area contributed by atoms with Crippen LogP contribution in [0.5, 0.6) is 0 Å². The van der Waals surface area contributed by atoms with Crippen LogP contribution in [0.15, 0.2) is 34.4 Å². The Labute approximate surface area is 177 Å². The summed E-state index contributed by atoms with van der Waals surface area (Å²) in [5.74, 6) is 0.807. The van der Waals surface area contributed by atoms with Crippen LogP contribution < -0.4 is 10.0 Å². The second-order valence-electron chi connectivity index (χ2n) is 7.14. The Hall–Kier alpha value is -2.24. The molecule has 2 aliphatic rings. The Morgan fingerprint density at radius 2 is 2.07 bits per heavy atom. The van der Waals surface area contributed by atoms with Gasteiger partial charge in [0.2, 0.25) is 10.0 Å². The van der Waals surface area contributed by atoms with Gasteiger partial charge in [0.1, 0.15) is 11.0 Å². The first-order valence-electron chi connectivity index (χ1n) is 10.3. The van der Waals surface area contributed by atoms with Crippen molar-refractivity contribution in [1.82, 2.24) is 24.8 Å². The number of piperazine rings is 1. The minimum atomic E-state index is -3.59. The molecule has 1 aromatic heterocycles. The summed E-state index contributed by atoms with van der Waals surface area (Å²) in [4.78, 5) is 25.0. The maximum Gasteiger partial charge on any atom is 0.251 e. The fraction of sp³-hybridized carbons (Fsp3) is 0.632. The van der Waals surface area contributed by atoms with Crippen molar-refractivity contribution < 1.29 is 17.9 Å². The van der Waals surface area contributed by atoms with Crippen LogP contribution in [-0.2, 0) is 19.6 Å². The van der Waals surface area contributed by atoms with E-state index < -0.39 is 10.0 Å². The van der Waals surface area contributed by atoms with Crippen LogP contribution in [0.3, 0.4) is 0 Å². The van der Waals surface area contributed by atoms with Gasteiger partial charge in [0.05, 0.1) is 6.54 Å². The number of hydrogen-bond donors (Lipinski definition) is 2. The lowest BCUT2D eigenvalue weighted by molar-refractivity contribution is -0.142. The van der Waals surface area contributed by atoms with Gasteiger partial charge in [-0.15, -0.1) is 0 Å². The van der Waals surface area contributed by atoms with Crippen molar-refractivity contribution in [2.45, 2.75) is 30.8 Å². The summed E-state index contributed by atoms with van der Waals surface area (Å²) < 4.78 is 32.5. The molecule has 0 aromatic carbocycles. The first-order chi connectivity index (χ1) is 14.5. The third-order valence-corrected chi connectivity index (χ3v) is 6.49. The first-order valence-corrected chi connectivity index (χ1v) is 11.8. The molecule has 1 unspecified atom stereocenters. The summed E-state index contributed by atoms with van der Waals surface area (Å²) in [7, 11) is -3.59. The van der Waals surface area contributed by atoms with Crippen molar-refractivity contribution in [3.05, 3.63) is 24.5 Å². The van der Waals surface area contributed by atoms with E-state index in [0.717, 1.165) is 18.8 Å². The van der Waals surface area contributed by atoms with Crippen LogP contribution in [0.25, 0.3) is 0 Å². The highest BCUT2D eigenvalue weighted by Crippen LogP contribution is 2.16. The van der Waals surface area contributed by atoms with Gasteiger partial charge >= 0.3 is 0 Å². The molecule has 1 amide bonds. The first kappa shape index (κ1) is 22.4. The molecular weight excluding hydrogens is 408 g/mol. The van der Waals surface area contributed by atoms with Crippen LogP contribution in [-0.4, -0.2) is 93.6 Å². The van der Waals surface area contributed by atoms with Crippen LogP contribution in [0.4, 0.5) is 0 Å². The maximum absolute atomic E-state index is 12.5. The van der Waals surface area contributed by atoms with Crippen molar-refractivity contribution in [2.24, 2.45) is 4.99 Å². The highest BCUT2D eigenvalue weighted by atomic mass is 32.2. The Morgan fingerprint density at radius 3 is 2.70 bits per heavy atom. The van der Waals surface area contributed by atoms with Gasteiger partial charge in [0, 0.05) is 58.3 Å². The standard InChI is InChI=1S/C19H30N6O4S/c1-2-21-19(22-8-9-23-30(27,28)16-5-3-7-20-15-16)25-12-10-24(11-13-25)18(26)17-6-4-14-29-17/h3,5,7,15,17,23H,2,4,6,8-14H2,1H3,(H,21,22). The Bertz CT molecular complexity index is 819. The molecule has 10 nitrogen and oxygen atoms in total. The van der Waals surface area contributed by atoms with E-state index >= 15 is 0 Å². The molecule has 2 aliphatic heterocycles. The molecule has 166 valence electrons. The van der Waals surface area contributed by atoms with E-state index in [-0.39, 0.29) is 23.5 Å². The fourth-order valence-corrected chi connectivity index (χ4v) is 4.46. The number of rotatable bonds is 7. The molecule has 30 heavy (non-hydrogen) atoms. The van der Waals surface area contributed by atoms with Gasteiger partial charge in [-0.05, 0) is 31.9 Å². The minimum absolute atomic E-state index is 0.0823. The van der Waals surface area contributed by atoms with Gasteiger partial charge in [-0.2, -0.15) is 0 Å². The lowest BCUT2D eigenvalue weighted by atomic mass is 10.2. The normalized spacial score (nSPS) is 20.4. The second-order valence-corrected chi connectivity index (χ2v) is 8.90. The van der Waals surface area contributed by atoms with Gasteiger partial charge in [0.25, 0.3) is 5.91 Å². The van der Waals surface area contributed by atoms with Crippen molar-refractivity contribution >= 4 is 21.9 Å². The van der Waals surface area contributed by atoms with E-state index in [1.807, 2.05) is 11.8 Å². The Balaban J connectivity index is 1.49. The fourth-order valence-electron chi connectivity index (χ4n) is 3.47. The minimum Gasteiger partial charge on any atom is -0.368 e. The number of nitrogens with zero attached hydrogens (tertiary/aromatic N) is 4. The third kappa shape index (κ3) is 5.89. The number of guanidine groups is 1. The zero-order valence-corrected chi connectivity index (χ0v) is 18.1.